The molecule has 26 heavy (non-hydrogen) atoms. The molecule has 0 fully saturated rings. The fraction of sp³-hybridized carbons (Fsp3) is 0.111. The summed E-state index contributed by atoms with van der Waals surface area (Å²) in [4.78, 5) is 16.5. The first-order chi connectivity index (χ1) is 12.7. The van der Waals surface area contributed by atoms with Crippen molar-refractivity contribution in [2.75, 3.05) is 12.4 Å². The molecule has 0 aliphatic heterocycles. The number of anilines is 1. The zero-order chi connectivity index (χ0) is 17.9. The van der Waals surface area contributed by atoms with Gasteiger partial charge in [-0.3, -0.25) is 10.1 Å². The minimum Gasteiger partial charge on any atom is -0.497 e. The Kier molecular flexibility index (Phi) is 4.32. The summed E-state index contributed by atoms with van der Waals surface area (Å²) in [6, 6.07) is 13.0. The van der Waals surface area contributed by atoms with E-state index in [-0.39, 0.29) is 11.9 Å². The molecule has 8 heteroatoms. The van der Waals surface area contributed by atoms with Gasteiger partial charge >= 0.3 is 6.01 Å². The van der Waals surface area contributed by atoms with Crippen LogP contribution in [0.1, 0.15) is 21.8 Å². The number of aromatic nitrogens is 3. The average Bonchev–Trinajstić information content (AvgIpc) is 3.31. The summed E-state index contributed by atoms with van der Waals surface area (Å²) in [6.07, 6.45) is 0.472. The first-order valence-electron chi connectivity index (χ1n) is 7.81. The van der Waals surface area contributed by atoms with E-state index in [9.17, 15) is 4.79 Å². The van der Waals surface area contributed by atoms with Gasteiger partial charge in [0, 0.05) is 5.56 Å². The van der Waals surface area contributed by atoms with E-state index < -0.39 is 0 Å². The maximum absolute atomic E-state index is 12.3. The molecule has 4 aromatic rings. The van der Waals surface area contributed by atoms with Gasteiger partial charge in [-0.2, -0.15) is 0 Å². The topological polar surface area (TPSA) is 90.1 Å². The number of thiazole rings is 1. The summed E-state index contributed by atoms with van der Waals surface area (Å²) >= 11 is 1.48. The van der Waals surface area contributed by atoms with Crippen LogP contribution < -0.4 is 10.1 Å². The van der Waals surface area contributed by atoms with Gasteiger partial charge in [-0.1, -0.05) is 17.2 Å². The molecule has 2 heterocycles. The third-order valence-electron chi connectivity index (χ3n) is 3.80. The van der Waals surface area contributed by atoms with Crippen molar-refractivity contribution in [1.29, 1.82) is 0 Å². The highest BCUT2D eigenvalue weighted by atomic mass is 32.1. The molecule has 0 aliphatic carbocycles. The minimum atomic E-state index is -0.306. The van der Waals surface area contributed by atoms with Crippen LogP contribution in [-0.2, 0) is 6.42 Å². The Labute approximate surface area is 152 Å². The molecule has 0 spiro atoms. The highest BCUT2D eigenvalue weighted by molar-refractivity contribution is 7.16. The molecule has 0 saturated heterocycles. The number of amides is 1. The number of rotatable bonds is 5. The standard InChI is InChI=1S/C18H14N4O3S/c1-24-13-5-2-11(3-6-13)8-16-21-22-18(25-16)20-17(23)12-4-7-14-15(9-12)26-10-19-14/h2-7,9-10H,8H2,1H3,(H,20,22,23). The van der Waals surface area contributed by atoms with Crippen molar-refractivity contribution >= 4 is 33.5 Å². The molecule has 0 aliphatic rings. The third-order valence-corrected chi connectivity index (χ3v) is 4.59. The zero-order valence-corrected chi connectivity index (χ0v) is 14.6. The Morgan fingerprint density at radius 2 is 2.04 bits per heavy atom. The Morgan fingerprint density at radius 1 is 1.19 bits per heavy atom. The Hall–Kier alpha value is -3.26. The number of nitrogens with one attached hydrogen (secondary N) is 1. The normalized spacial score (nSPS) is 10.8. The largest absolute Gasteiger partial charge is 0.497 e. The van der Waals surface area contributed by atoms with Crippen molar-refractivity contribution in [1.82, 2.24) is 15.2 Å². The molecule has 0 atom stereocenters. The van der Waals surface area contributed by atoms with E-state index in [1.165, 1.54) is 11.3 Å². The quantitative estimate of drug-likeness (QED) is 0.581. The predicted octanol–water partition coefficient (Wildman–Crippen LogP) is 3.53. The lowest BCUT2D eigenvalue weighted by Gasteiger charge is -2.01. The second kappa shape index (κ2) is 6.93. The first kappa shape index (κ1) is 16.2. The number of carbonyl (C=O) groups is 1. The van der Waals surface area contributed by atoms with Crippen molar-refractivity contribution in [3.8, 4) is 5.75 Å². The van der Waals surface area contributed by atoms with Crippen molar-refractivity contribution in [2.24, 2.45) is 0 Å². The number of carbonyl (C=O) groups excluding carboxylic acids is 1. The monoisotopic (exact) mass is 366 g/mol. The molecule has 130 valence electrons. The Bertz CT molecular complexity index is 1060. The molecule has 0 bridgehead atoms. The molecule has 7 nitrogen and oxygen atoms in total. The van der Waals surface area contributed by atoms with E-state index in [2.05, 4.69) is 20.5 Å². The number of hydrogen-bond acceptors (Lipinski definition) is 7. The van der Waals surface area contributed by atoms with Crippen LogP contribution in [0, 0.1) is 0 Å². The van der Waals surface area contributed by atoms with Crippen LogP contribution in [0.5, 0.6) is 5.75 Å². The lowest BCUT2D eigenvalue weighted by Crippen LogP contribution is -2.11. The van der Waals surface area contributed by atoms with Gasteiger partial charge in [0.25, 0.3) is 5.91 Å². The van der Waals surface area contributed by atoms with E-state index in [0.717, 1.165) is 21.5 Å². The number of nitrogens with zero attached hydrogens (tertiary/aromatic N) is 3. The molecular formula is C18H14N4O3S. The summed E-state index contributed by atoms with van der Waals surface area (Å²) in [7, 11) is 1.62. The summed E-state index contributed by atoms with van der Waals surface area (Å²) in [5.41, 5.74) is 4.13. The zero-order valence-electron chi connectivity index (χ0n) is 13.8. The van der Waals surface area contributed by atoms with E-state index in [1.54, 1.807) is 24.8 Å². The van der Waals surface area contributed by atoms with Crippen LogP contribution in [0.2, 0.25) is 0 Å². The molecular weight excluding hydrogens is 352 g/mol. The van der Waals surface area contributed by atoms with Crippen LogP contribution in [0.15, 0.2) is 52.4 Å². The van der Waals surface area contributed by atoms with Crippen LogP contribution >= 0.6 is 11.3 Å². The SMILES string of the molecule is COc1ccc(Cc2nnc(NC(=O)c3ccc4ncsc4c3)o2)cc1. The molecule has 2 aromatic heterocycles. The fourth-order valence-corrected chi connectivity index (χ4v) is 3.18. The molecule has 4 rings (SSSR count). The molecule has 1 N–H and O–H groups in total. The fourth-order valence-electron chi connectivity index (χ4n) is 2.46. The summed E-state index contributed by atoms with van der Waals surface area (Å²) < 4.78 is 11.6. The molecule has 0 saturated carbocycles. The molecule has 2 aromatic carbocycles. The van der Waals surface area contributed by atoms with Gasteiger partial charge in [-0.25, -0.2) is 4.98 Å². The van der Waals surface area contributed by atoms with E-state index in [1.807, 2.05) is 30.3 Å². The number of hydrogen-bond donors (Lipinski definition) is 1. The number of ether oxygens (including phenoxy) is 1. The lowest BCUT2D eigenvalue weighted by molar-refractivity contribution is 0.102. The van der Waals surface area contributed by atoms with Crippen molar-refractivity contribution in [3.63, 3.8) is 0 Å². The average molecular weight is 366 g/mol. The van der Waals surface area contributed by atoms with Gasteiger partial charge in [-0.15, -0.1) is 16.4 Å². The van der Waals surface area contributed by atoms with Crippen LogP contribution in [0.4, 0.5) is 6.01 Å². The van der Waals surface area contributed by atoms with E-state index >= 15 is 0 Å². The summed E-state index contributed by atoms with van der Waals surface area (Å²) in [5.74, 6) is 0.897. The highest BCUT2D eigenvalue weighted by Gasteiger charge is 2.13. The molecule has 1 amide bonds. The van der Waals surface area contributed by atoms with Crippen LogP contribution in [0.3, 0.4) is 0 Å². The Morgan fingerprint density at radius 3 is 2.85 bits per heavy atom. The van der Waals surface area contributed by atoms with Crippen molar-refractivity contribution < 1.29 is 13.9 Å². The van der Waals surface area contributed by atoms with Gasteiger partial charge in [0.2, 0.25) is 5.89 Å². The van der Waals surface area contributed by atoms with Gasteiger partial charge in [0.15, 0.2) is 0 Å². The minimum absolute atomic E-state index is 0.0721. The molecule has 0 radical (unpaired) electrons. The predicted molar refractivity (Wildman–Crippen MR) is 97.7 cm³/mol. The number of fused-ring (bicyclic) bond motifs is 1. The van der Waals surface area contributed by atoms with Crippen LogP contribution in [-0.4, -0.2) is 28.2 Å². The Balaban J connectivity index is 1.44. The first-order valence-corrected chi connectivity index (χ1v) is 8.69. The summed E-state index contributed by atoms with van der Waals surface area (Å²) in [6.45, 7) is 0. The number of benzene rings is 2. The smallest absolute Gasteiger partial charge is 0.322 e. The van der Waals surface area contributed by atoms with Gasteiger partial charge in [-0.05, 0) is 35.9 Å². The van der Waals surface area contributed by atoms with Gasteiger partial charge in [0.1, 0.15) is 5.75 Å². The maximum Gasteiger partial charge on any atom is 0.322 e. The lowest BCUT2D eigenvalue weighted by atomic mass is 10.1. The van der Waals surface area contributed by atoms with Crippen molar-refractivity contribution in [3.05, 3.63) is 65.0 Å². The molecule has 0 unspecified atom stereocenters. The van der Waals surface area contributed by atoms with Crippen LogP contribution in [0.25, 0.3) is 10.2 Å². The van der Waals surface area contributed by atoms with Gasteiger partial charge < -0.3 is 9.15 Å². The summed E-state index contributed by atoms with van der Waals surface area (Å²) in [5, 5.41) is 10.5. The highest BCUT2D eigenvalue weighted by Crippen LogP contribution is 2.20. The second-order valence-electron chi connectivity index (χ2n) is 5.51. The van der Waals surface area contributed by atoms with Gasteiger partial charge in [0.05, 0.1) is 29.3 Å². The second-order valence-corrected chi connectivity index (χ2v) is 6.40. The van der Waals surface area contributed by atoms with E-state index in [4.69, 9.17) is 9.15 Å². The van der Waals surface area contributed by atoms with Crippen molar-refractivity contribution in [2.45, 2.75) is 6.42 Å². The maximum atomic E-state index is 12.3. The number of methoxy groups -OCH3 is 1. The van der Waals surface area contributed by atoms with E-state index in [0.29, 0.717) is 17.9 Å². The third kappa shape index (κ3) is 3.40.